The molecule has 0 bridgehead atoms. The maximum Gasteiger partial charge on any atom is 0.197 e. The van der Waals surface area contributed by atoms with Crippen molar-refractivity contribution in [3.05, 3.63) is 12.0 Å². The van der Waals surface area contributed by atoms with Crippen molar-refractivity contribution in [1.82, 2.24) is 0 Å². The number of allylic oxidation sites excluding steroid dienone is 1. The van der Waals surface area contributed by atoms with Gasteiger partial charge in [0.25, 0.3) is 0 Å². The highest BCUT2D eigenvalue weighted by Gasteiger charge is 2.26. The summed E-state index contributed by atoms with van der Waals surface area (Å²) in [4.78, 5) is 0. The van der Waals surface area contributed by atoms with Gasteiger partial charge in [0.2, 0.25) is 0 Å². The minimum Gasteiger partial charge on any atom is -0.462 e. The third kappa shape index (κ3) is 2.65. The van der Waals surface area contributed by atoms with Gasteiger partial charge >= 0.3 is 0 Å². The fraction of sp³-hybridized carbons (Fsp3) is 0.500. The van der Waals surface area contributed by atoms with Crippen molar-refractivity contribution in [3.63, 3.8) is 0 Å². The monoisotopic (exact) mass is 172 g/mol. The van der Waals surface area contributed by atoms with Crippen molar-refractivity contribution in [2.24, 2.45) is 0 Å². The minimum atomic E-state index is -1.19. The molecule has 46 valence electrons. The summed E-state index contributed by atoms with van der Waals surface area (Å²) in [7, 11) is 0. The summed E-state index contributed by atoms with van der Waals surface area (Å²) in [6, 6.07) is 0. The van der Waals surface area contributed by atoms with Crippen LogP contribution in [0.2, 0.25) is 0 Å². The second kappa shape index (κ2) is 1.98. The molecule has 0 radical (unpaired) electrons. The first-order chi connectivity index (χ1) is 3.58. The second-order valence-corrected chi connectivity index (χ2v) is 4.01. The van der Waals surface area contributed by atoms with Crippen LogP contribution in [0.15, 0.2) is 12.0 Å². The number of hydrogen-bond acceptors (Lipinski definition) is 1. The topological polar surface area (TPSA) is 12.5 Å². The summed E-state index contributed by atoms with van der Waals surface area (Å²) >= 11 is 16.1. The SMILES string of the molecule is ClC(Cl)(Cl)CC1=CO1. The van der Waals surface area contributed by atoms with Gasteiger partial charge in [-0.3, -0.25) is 0 Å². The molecule has 1 aliphatic rings. The molecule has 1 nitrogen and oxygen atoms in total. The molecule has 0 aliphatic carbocycles. The summed E-state index contributed by atoms with van der Waals surface area (Å²) in [6.45, 7) is 0. The molecule has 0 fully saturated rings. The van der Waals surface area contributed by atoms with Crippen LogP contribution in [0, 0.1) is 0 Å². The van der Waals surface area contributed by atoms with Crippen molar-refractivity contribution in [3.8, 4) is 0 Å². The molecule has 1 rings (SSSR count). The zero-order chi connectivity index (χ0) is 6.20. The van der Waals surface area contributed by atoms with Crippen LogP contribution in [0.3, 0.4) is 0 Å². The molecule has 0 saturated carbocycles. The Morgan fingerprint density at radius 1 is 1.50 bits per heavy atom. The lowest BCUT2D eigenvalue weighted by Crippen LogP contribution is -1.99. The Bertz CT molecular complexity index is 124. The highest BCUT2D eigenvalue weighted by atomic mass is 35.6. The minimum absolute atomic E-state index is 0.373. The second-order valence-electron chi connectivity index (χ2n) is 1.49. The average molecular weight is 173 g/mol. The third-order valence-corrected chi connectivity index (χ3v) is 1.06. The van der Waals surface area contributed by atoms with Gasteiger partial charge in [-0.1, -0.05) is 34.8 Å². The molecular weight excluding hydrogens is 170 g/mol. The van der Waals surface area contributed by atoms with Gasteiger partial charge in [0.15, 0.2) is 3.79 Å². The van der Waals surface area contributed by atoms with Crippen molar-refractivity contribution >= 4 is 34.8 Å². The number of ether oxygens (including phenoxy) is 1. The quantitative estimate of drug-likeness (QED) is 0.555. The fourth-order valence-electron chi connectivity index (χ4n) is 0.323. The Morgan fingerprint density at radius 3 is 2.12 bits per heavy atom. The Labute approximate surface area is 62.2 Å². The van der Waals surface area contributed by atoms with Crippen LogP contribution in [0.4, 0.5) is 0 Å². The molecule has 0 saturated heterocycles. The Kier molecular flexibility index (Phi) is 1.61. The van der Waals surface area contributed by atoms with Gasteiger partial charge < -0.3 is 4.74 Å². The Balaban J connectivity index is 2.27. The van der Waals surface area contributed by atoms with E-state index in [0.717, 1.165) is 5.76 Å². The zero-order valence-corrected chi connectivity index (χ0v) is 6.09. The molecule has 1 aliphatic heterocycles. The molecule has 0 spiro atoms. The van der Waals surface area contributed by atoms with Crippen LogP contribution < -0.4 is 0 Å². The molecule has 0 aromatic rings. The van der Waals surface area contributed by atoms with Gasteiger partial charge in [-0.05, 0) is 0 Å². The predicted octanol–water partition coefficient (Wildman–Crippen LogP) is 2.62. The van der Waals surface area contributed by atoms with E-state index in [0.29, 0.717) is 6.42 Å². The van der Waals surface area contributed by atoms with Crippen molar-refractivity contribution in [2.45, 2.75) is 10.2 Å². The molecule has 0 aromatic heterocycles. The number of alkyl halides is 3. The van der Waals surface area contributed by atoms with Gasteiger partial charge in [-0.25, -0.2) is 0 Å². The summed E-state index contributed by atoms with van der Waals surface area (Å²) in [5.41, 5.74) is 0. The lowest BCUT2D eigenvalue weighted by atomic mass is 10.5. The van der Waals surface area contributed by atoms with Crippen LogP contribution in [-0.4, -0.2) is 3.79 Å². The van der Waals surface area contributed by atoms with E-state index >= 15 is 0 Å². The molecule has 0 aromatic carbocycles. The van der Waals surface area contributed by atoms with E-state index in [1.807, 2.05) is 0 Å². The van der Waals surface area contributed by atoms with E-state index in [-0.39, 0.29) is 0 Å². The largest absolute Gasteiger partial charge is 0.462 e. The highest BCUT2D eigenvalue weighted by molar-refractivity contribution is 6.67. The average Bonchev–Trinajstić information content (AvgIpc) is 2.12. The van der Waals surface area contributed by atoms with Crippen LogP contribution in [0.5, 0.6) is 0 Å². The normalized spacial score (nSPS) is 17.1. The van der Waals surface area contributed by atoms with E-state index < -0.39 is 3.79 Å². The molecule has 4 heteroatoms. The third-order valence-electron chi connectivity index (χ3n) is 0.659. The van der Waals surface area contributed by atoms with Gasteiger partial charge in [0, 0.05) is 0 Å². The number of halogens is 3. The van der Waals surface area contributed by atoms with Crippen LogP contribution >= 0.6 is 34.8 Å². The first-order valence-electron chi connectivity index (χ1n) is 2.00. The Hall–Kier alpha value is 0.410. The number of hydrogen-bond donors (Lipinski definition) is 0. The molecule has 0 N–H and O–H groups in total. The highest BCUT2D eigenvalue weighted by Crippen LogP contribution is 2.36. The van der Waals surface area contributed by atoms with E-state index in [1.165, 1.54) is 0 Å². The lowest BCUT2D eigenvalue weighted by molar-refractivity contribution is 0.484. The van der Waals surface area contributed by atoms with Crippen LogP contribution in [0.1, 0.15) is 6.42 Å². The maximum absolute atomic E-state index is 5.38. The van der Waals surface area contributed by atoms with Crippen molar-refractivity contribution in [1.29, 1.82) is 0 Å². The van der Waals surface area contributed by atoms with Gasteiger partial charge in [-0.2, -0.15) is 0 Å². The van der Waals surface area contributed by atoms with Crippen molar-refractivity contribution < 1.29 is 4.74 Å². The molecule has 0 atom stereocenters. The first kappa shape index (κ1) is 6.53. The Morgan fingerprint density at radius 2 is 2.00 bits per heavy atom. The zero-order valence-electron chi connectivity index (χ0n) is 3.83. The first-order valence-corrected chi connectivity index (χ1v) is 3.14. The standard InChI is InChI=1S/C4H3Cl3O/c5-4(6,7)1-3-2-8-3/h2H,1H2. The summed E-state index contributed by atoms with van der Waals surface area (Å²) in [5, 5.41) is 0. The van der Waals surface area contributed by atoms with Gasteiger partial charge in [-0.15, -0.1) is 0 Å². The van der Waals surface area contributed by atoms with E-state index in [9.17, 15) is 0 Å². The van der Waals surface area contributed by atoms with Crippen LogP contribution in [0.25, 0.3) is 0 Å². The fourth-order valence-corrected chi connectivity index (χ4v) is 0.718. The summed E-state index contributed by atoms with van der Waals surface area (Å²) in [5.74, 6) is 0.755. The summed E-state index contributed by atoms with van der Waals surface area (Å²) in [6.07, 6.45) is 1.93. The smallest absolute Gasteiger partial charge is 0.197 e. The summed E-state index contributed by atoms with van der Waals surface area (Å²) < 4.78 is 3.43. The van der Waals surface area contributed by atoms with Gasteiger partial charge in [0.1, 0.15) is 12.0 Å². The number of rotatable bonds is 1. The molecule has 8 heavy (non-hydrogen) atoms. The van der Waals surface area contributed by atoms with E-state index in [4.69, 9.17) is 34.8 Å². The van der Waals surface area contributed by atoms with Crippen molar-refractivity contribution in [2.75, 3.05) is 0 Å². The molecule has 0 unspecified atom stereocenters. The van der Waals surface area contributed by atoms with Crippen LogP contribution in [-0.2, 0) is 4.74 Å². The maximum atomic E-state index is 5.38. The van der Waals surface area contributed by atoms with Gasteiger partial charge in [0.05, 0.1) is 6.42 Å². The van der Waals surface area contributed by atoms with E-state index in [1.54, 1.807) is 6.26 Å². The molecule has 1 heterocycles. The molecule has 0 amide bonds. The lowest BCUT2D eigenvalue weighted by Gasteiger charge is -2.03. The predicted molar refractivity (Wildman–Crippen MR) is 34.1 cm³/mol. The van der Waals surface area contributed by atoms with E-state index in [2.05, 4.69) is 4.74 Å². The molecular formula is C4H3Cl3O.